The van der Waals surface area contributed by atoms with Gasteiger partial charge in [0.1, 0.15) is 0 Å². The molecule has 0 radical (unpaired) electrons. The first-order chi connectivity index (χ1) is 12.1. The number of carboxylic acids is 1. The van der Waals surface area contributed by atoms with Gasteiger partial charge in [-0.15, -0.1) is 0 Å². The third-order valence-corrected chi connectivity index (χ3v) is 5.44. The van der Waals surface area contributed by atoms with Crippen LogP contribution >= 0.6 is 0 Å². The van der Waals surface area contributed by atoms with E-state index in [-0.39, 0.29) is 36.4 Å². The van der Waals surface area contributed by atoms with Gasteiger partial charge in [-0.2, -0.15) is 0 Å². The molecule has 1 heterocycles. The van der Waals surface area contributed by atoms with Gasteiger partial charge in [-0.1, -0.05) is 27.7 Å². The van der Waals surface area contributed by atoms with E-state index in [0.29, 0.717) is 13.1 Å². The number of piperidine rings is 1. The summed E-state index contributed by atoms with van der Waals surface area (Å²) in [5, 5.41) is 12.0. The van der Waals surface area contributed by atoms with Gasteiger partial charge in [0.2, 0.25) is 11.8 Å². The van der Waals surface area contributed by atoms with Gasteiger partial charge in [0.15, 0.2) is 0 Å². The van der Waals surface area contributed by atoms with Crippen molar-refractivity contribution in [1.29, 1.82) is 0 Å². The fourth-order valence-electron chi connectivity index (χ4n) is 3.85. The number of amides is 2. The number of carboxylic acid groups (broad SMARTS) is 1. The van der Waals surface area contributed by atoms with Crippen molar-refractivity contribution in [2.75, 3.05) is 26.2 Å². The molecule has 0 aromatic heterocycles. The van der Waals surface area contributed by atoms with E-state index in [9.17, 15) is 14.4 Å². The van der Waals surface area contributed by atoms with Crippen molar-refractivity contribution in [3.63, 3.8) is 0 Å². The number of hydrogen-bond acceptors (Lipinski definition) is 4. The molecule has 2 fully saturated rings. The Kier molecular flexibility index (Phi) is 6.66. The first-order valence-corrected chi connectivity index (χ1v) is 9.67. The molecule has 0 aromatic rings. The Labute approximate surface area is 156 Å². The molecular weight excluding hydrogens is 334 g/mol. The van der Waals surface area contributed by atoms with Crippen molar-refractivity contribution < 1.29 is 19.5 Å². The minimum Gasteiger partial charge on any atom is -0.480 e. The Balaban J connectivity index is 1.80. The lowest BCUT2D eigenvalue weighted by molar-refractivity contribution is -0.143. The maximum Gasteiger partial charge on any atom is 0.317 e. The number of carbonyl (C=O) groups excluding carboxylic acids is 2. The molecule has 1 unspecified atom stereocenters. The molecule has 2 amide bonds. The Hall–Kier alpha value is -1.63. The van der Waals surface area contributed by atoms with Crippen molar-refractivity contribution in [3.05, 3.63) is 0 Å². The molecular formula is C19H33N3O4. The van der Waals surface area contributed by atoms with Crippen LogP contribution in [0.1, 0.15) is 53.4 Å². The molecule has 2 N–H and O–H groups in total. The lowest BCUT2D eigenvalue weighted by Gasteiger charge is -2.43. The normalized spacial score (nSPS) is 26.3. The molecule has 26 heavy (non-hydrogen) atoms. The summed E-state index contributed by atoms with van der Waals surface area (Å²) in [6.07, 6.45) is 3.26. The zero-order chi connectivity index (χ0) is 19.5. The second-order valence-electron chi connectivity index (χ2n) is 8.63. The monoisotopic (exact) mass is 367 g/mol. The fourth-order valence-corrected chi connectivity index (χ4v) is 3.85. The summed E-state index contributed by atoms with van der Waals surface area (Å²) in [6.45, 7) is 9.65. The van der Waals surface area contributed by atoms with Crippen LogP contribution in [0.2, 0.25) is 0 Å². The van der Waals surface area contributed by atoms with Gasteiger partial charge < -0.3 is 15.3 Å². The van der Waals surface area contributed by atoms with Gasteiger partial charge in [0.05, 0.1) is 12.5 Å². The summed E-state index contributed by atoms with van der Waals surface area (Å²) < 4.78 is 0. The first kappa shape index (κ1) is 20.7. The standard InChI is InChI=1S/C19H33N3O4/c1-5-21(12-16(23)24)15-9-14(10-15)20-17(25)13-7-6-8-22(11-13)18(26)19(2,3)4/h13-15H,5-12H2,1-4H3,(H,20,25)(H,23,24). The molecule has 1 saturated heterocycles. The van der Waals surface area contributed by atoms with Crippen LogP contribution in [-0.2, 0) is 14.4 Å². The highest BCUT2D eigenvalue weighted by molar-refractivity contribution is 5.84. The van der Waals surface area contributed by atoms with Crippen LogP contribution in [-0.4, -0.2) is 71.0 Å². The number of rotatable bonds is 6. The lowest BCUT2D eigenvalue weighted by atomic mass is 9.84. The minimum absolute atomic E-state index is 0.0288. The van der Waals surface area contributed by atoms with E-state index in [1.54, 1.807) is 0 Å². The van der Waals surface area contributed by atoms with Gasteiger partial charge in [0, 0.05) is 30.6 Å². The van der Waals surface area contributed by atoms with Crippen LogP contribution in [0.5, 0.6) is 0 Å². The summed E-state index contributed by atoms with van der Waals surface area (Å²) in [5.74, 6) is -0.826. The predicted molar refractivity (Wildman–Crippen MR) is 98.6 cm³/mol. The highest BCUT2D eigenvalue weighted by Gasteiger charge is 2.37. The highest BCUT2D eigenvalue weighted by Crippen LogP contribution is 2.27. The summed E-state index contributed by atoms with van der Waals surface area (Å²) in [4.78, 5) is 39.7. The topological polar surface area (TPSA) is 90.0 Å². The molecule has 2 rings (SSSR count). The van der Waals surface area contributed by atoms with Gasteiger partial charge in [0.25, 0.3) is 0 Å². The number of likely N-dealkylation sites (N-methyl/N-ethyl adjacent to an activating group) is 1. The van der Waals surface area contributed by atoms with Gasteiger partial charge in [-0.05, 0) is 32.2 Å². The van der Waals surface area contributed by atoms with Crippen molar-refractivity contribution in [2.45, 2.75) is 65.5 Å². The van der Waals surface area contributed by atoms with Crippen LogP contribution in [0.15, 0.2) is 0 Å². The Morgan fingerprint density at radius 2 is 1.88 bits per heavy atom. The SMILES string of the molecule is CCN(CC(=O)O)C1CC(NC(=O)C2CCCN(C(=O)C(C)(C)C)C2)C1. The van der Waals surface area contributed by atoms with Crippen LogP contribution < -0.4 is 5.32 Å². The molecule has 7 nitrogen and oxygen atoms in total. The molecule has 1 atom stereocenters. The lowest BCUT2D eigenvalue weighted by Crippen LogP contribution is -2.57. The second kappa shape index (κ2) is 8.37. The number of nitrogens with one attached hydrogen (secondary N) is 1. The summed E-state index contributed by atoms with van der Waals surface area (Å²) in [5.41, 5.74) is -0.423. The Morgan fingerprint density at radius 3 is 2.42 bits per heavy atom. The summed E-state index contributed by atoms with van der Waals surface area (Å²) in [6, 6.07) is 0.343. The molecule has 1 saturated carbocycles. The van der Waals surface area contributed by atoms with E-state index in [4.69, 9.17) is 5.11 Å². The number of hydrogen-bond donors (Lipinski definition) is 2. The predicted octanol–water partition coefficient (Wildman–Crippen LogP) is 1.32. The van der Waals surface area contributed by atoms with Crippen LogP contribution in [0.4, 0.5) is 0 Å². The van der Waals surface area contributed by atoms with Crippen LogP contribution in [0.25, 0.3) is 0 Å². The third-order valence-electron chi connectivity index (χ3n) is 5.44. The largest absolute Gasteiger partial charge is 0.480 e. The first-order valence-electron chi connectivity index (χ1n) is 9.67. The van der Waals surface area contributed by atoms with Crippen molar-refractivity contribution in [3.8, 4) is 0 Å². The maximum atomic E-state index is 12.6. The zero-order valence-electron chi connectivity index (χ0n) is 16.5. The van der Waals surface area contributed by atoms with E-state index >= 15 is 0 Å². The number of likely N-dealkylation sites (tertiary alicyclic amines) is 1. The number of aliphatic carboxylic acids is 1. The second-order valence-corrected chi connectivity index (χ2v) is 8.63. The molecule has 0 bridgehead atoms. The van der Waals surface area contributed by atoms with Crippen LogP contribution in [0.3, 0.4) is 0 Å². The van der Waals surface area contributed by atoms with Crippen molar-refractivity contribution in [2.24, 2.45) is 11.3 Å². The van der Waals surface area contributed by atoms with Gasteiger partial charge in [-0.25, -0.2) is 0 Å². The van der Waals surface area contributed by atoms with E-state index in [0.717, 1.165) is 32.2 Å². The zero-order valence-corrected chi connectivity index (χ0v) is 16.5. The van der Waals surface area contributed by atoms with Crippen molar-refractivity contribution >= 4 is 17.8 Å². The highest BCUT2D eigenvalue weighted by atomic mass is 16.4. The molecule has 0 aromatic carbocycles. The average molecular weight is 367 g/mol. The number of carbonyl (C=O) groups is 3. The van der Waals surface area contributed by atoms with Gasteiger partial charge in [-0.3, -0.25) is 19.3 Å². The molecule has 1 aliphatic carbocycles. The molecule has 0 spiro atoms. The van der Waals surface area contributed by atoms with E-state index in [1.165, 1.54) is 0 Å². The van der Waals surface area contributed by atoms with E-state index in [1.807, 2.05) is 37.5 Å². The quantitative estimate of drug-likeness (QED) is 0.739. The van der Waals surface area contributed by atoms with Gasteiger partial charge >= 0.3 is 5.97 Å². The summed E-state index contributed by atoms with van der Waals surface area (Å²) in [7, 11) is 0. The maximum absolute atomic E-state index is 12.6. The molecule has 1 aliphatic heterocycles. The molecule has 148 valence electrons. The molecule has 7 heteroatoms. The summed E-state index contributed by atoms with van der Waals surface area (Å²) >= 11 is 0. The van der Waals surface area contributed by atoms with Crippen LogP contribution in [0, 0.1) is 11.3 Å². The fraction of sp³-hybridized carbons (Fsp3) is 0.842. The third kappa shape index (κ3) is 5.19. The smallest absolute Gasteiger partial charge is 0.317 e. The average Bonchev–Trinajstić information content (AvgIpc) is 2.54. The number of nitrogens with zero attached hydrogens (tertiary/aromatic N) is 2. The van der Waals surface area contributed by atoms with E-state index in [2.05, 4.69) is 5.32 Å². The van der Waals surface area contributed by atoms with E-state index < -0.39 is 11.4 Å². The molecule has 2 aliphatic rings. The minimum atomic E-state index is -0.815. The Morgan fingerprint density at radius 1 is 1.23 bits per heavy atom. The Bertz CT molecular complexity index is 537. The van der Waals surface area contributed by atoms with Crippen molar-refractivity contribution in [1.82, 2.24) is 15.1 Å².